The molecule has 1 amide bonds. The minimum Gasteiger partial charge on any atom is -0.497 e. The van der Waals surface area contributed by atoms with Crippen molar-refractivity contribution in [2.24, 2.45) is 0 Å². The van der Waals surface area contributed by atoms with Crippen LogP contribution in [0.1, 0.15) is 5.56 Å². The zero-order valence-corrected chi connectivity index (χ0v) is 13.3. The van der Waals surface area contributed by atoms with Crippen molar-refractivity contribution in [1.29, 1.82) is 0 Å². The Morgan fingerprint density at radius 1 is 1.09 bits per heavy atom. The van der Waals surface area contributed by atoms with Crippen LogP contribution in [0.15, 0.2) is 48.5 Å². The van der Waals surface area contributed by atoms with Crippen LogP contribution in [0.4, 0.5) is 0 Å². The minimum atomic E-state index is -0.115. The van der Waals surface area contributed by atoms with E-state index in [1.807, 2.05) is 24.3 Å². The van der Waals surface area contributed by atoms with Crippen molar-refractivity contribution >= 4 is 17.5 Å². The van der Waals surface area contributed by atoms with Gasteiger partial charge in [0.25, 0.3) is 5.91 Å². The summed E-state index contributed by atoms with van der Waals surface area (Å²) < 4.78 is 10.5. The Morgan fingerprint density at radius 3 is 2.36 bits per heavy atom. The molecular weight excluding hydrogens is 302 g/mol. The molecule has 2 rings (SSSR count). The molecule has 0 radical (unpaired) electrons. The smallest absolute Gasteiger partial charge is 0.260 e. The average molecular weight is 320 g/mol. The van der Waals surface area contributed by atoms with E-state index in [0.717, 1.165) is 11.3 Å². The Hall–Kier alpha value is -2.20. The summed E-state index contributed by atoms with van der Waals surface area (Å²) >= 11 is 6.09. The number of likely N-dealkylation sites (N-methyl/N-ethyl adjacent to an activating group) is 1. The van der Waals surface area contributed by atoms with Crippen LogP contribution in [-0.4, -0.2) is 31.6 Å². The summed E-state index contributed by atoms with van der Waals surface area (Å²) in [5.41, 5.74) is 0.907. The third-order valence-electron chi connectivity index (χ3n) is 3.21. The van der Waals surface area contributed by atoms with E-state index in [1.165, 1.54) is 0 Å². The number of rotatable bonds is 6. The third-order valence-corrected chi connectivity index (χ3v) is 3.58. The van der Waals surface area contributed by atoms with Crippen LogP contribution in [0, 0.1) is 0 Å². The van der Waals surface area contributed by atoms with Gasteiger partial charge in [0, 0.05) is 18.6 Å². The second-order valence-electron chi connectivity index (χ2n) is 4.81. The summed E-state index contributed by atoms with van der Waals surface area (Å²) in [5, 5.41) is 0.651. The van der Waals surface area contributed by atoms with Crippen LogP contribution in [0.5, 0.6) is 11.5 Å². The Morgan fingerprint density at radius 2 is 1.73 bits per heavy atom. The number of hydrogen-bond acceptors (Lipinski definition) is 3. The Balaban J connectivity index is 1.87. The molecule has 0 spiro atoms. The molecule has 0 N–H and O–H groups in total. The van der Waals surface area contributed by atoms with Crippen molar-refractivity contribution in [3.63, 3.8) is 0 Å². The normalized spacial score (nSPS) is 10.1. The van der Waals surface area contributed by atoms with Crippen LogP contribution >= 0.6 is 11.6 Å². The van der Waals surface area contributed by atoms with Gasteiger partial charge in [-0.15, -0.1) is 0 Å². The molecule has 0 atom stereocenters. The van der Waals surface area contributed by atoms with Gasteiger partial charge in [-0.2, -0.15) is 0 Å². The summed E-state index contributed by atoms with van der Waals surface area (Å²) in [5.74, 6) is 1.26. The Labute approximate surface area is 135 Å². The summed E-state index contributed by atoms with van der Waals surface area (Å²) in [6, 6.07) is 14.6. The molecule has 0 unspecified atom stereocenters. The molecule has 0 heterocycles. The van der Waals surface area contributed by atoms with Crippen molar-refractivity contribution in [2.75, 3.05) is 20.8 Å². The zero-order chi connectivity index (χ0) is 15.9. The number of ether oxygens (including phenoxy) is 2. The van der Waals surface area contributed by atoms with E-state index >= 15 is 0 Å². The summed E-state index contributed by atoms with van der Waals surface area (Å²) in [6.45, 7) is 0.428. The van der Waals surface area contributed by atoms with Crippen LogP contribution < -0.4 is 9.47 Å². The number of nitrogens with zero attached hydrogens (tertiary/aromatic N) is 1. The van der Waals surface area contributed by atoms with Gasteiger partial charge in [-0.1, -0.05) is 29.8 Å². The number of benzene rings is 2. The van der Waals surface area contributed by atoms with Crippen molar-refractivity contribution in [1.82, 2.24) is 4.90 Å². The predicted molar refractivity (Wildman–Crippen MR) is 86.4 cm³/mol. The van der Waals surface area contributed by atoms with Crippen LogP contribution in [0.3, 0.4) is 0 Å². The highest BCUT2D eigenvalue weighted by Crippen LogP contribution is 2.18. The second kappa shape index (κ2) is 7.71. The quantitative estimate of drug-likeness (QED) is 0.819. The van der Waals surface area contributed by atoms with Crippen molar-refractivity contribution in [3.8, 4) is 11.5 Å². The first-order valence-electron chi connectivity index (χ1n) is 6.84. The summed E-state index contributed by atoms with van der Waals surface area (Å²) in [6.07, 6.45) is 0. The van der Waals surface area contributed by atoms with Crippen molar-refractivity contribution in [2.45, 2.75) is 6.54 Å². The number of carbonyl (C=O) groups excluding carboxylic acids is 1. The third kappa shape index (κ3) is 4.40. The standard InChI is InChI=1S/C17H18ClNO3/c1-19(11-13-5-3-4-6-16(13)18)17(20)12-22-15-9-7-14(21-2)8-10-15/h3-10H,11-12H2,1-2H3. The van der Waals surface area contributed by atoms with Crippen molar-refractivity contribution in [3.05, 3.63) is 59.1 Å². The zero-order valence-electron chi connectivity index (χ0n) is 12.6. The van der Waals surface area contributed by atoms with E-state index in [9.17, 15) is 4.79 Å². The number of carbonyl (C=O) groups is 1. The maximum Gasteiger partial charge on any atom is 0.260 e. The van der Waals surface area contributed by atoms with Gasteiger partial charge in [-0.3, -0.25) is 4.79 Å². The van der Waals surface area contributed by atoms with E-state index in [2.05, 4.69) is 0 Å². The highest BCUT2D eigenvalue weighted by atomic mass is 35.5. The number of amides is 1. The number of methoxy groups -OCH3 is 1. The molecule has 0 aliphatic carbocycles. The molecule has 5 heteroatoms. The van der Waals surface area contributed by atoms with Crippen LogP contribution in [0.25, 0.3) is 0 Å². The minimum absolute atomic E-state index is 0.0206. The number of halogens is 1. The monoisotopic (exact) mass is 319 g/mol. The summed E-state index contributed by atoms with van der Waals surface area (Å²) in [7, 11) is 3.33. The first kappa shape index (κ1) is 16.2. The molecule has 0 aliphatic heterocycles. The van der Waals surface area contributed by atoms with Crippen molar-refractivity contribution < 1.29 is 14.3 Å². The van der Waals surface area contributed by atoms with E-state index in [4.69, 9.17) is 21.1 Å². The average Bonchev–Trinajstić information content (AvgIpc) is 2.55. The lowest BCUT2D eigenvalue weighted by Crippen LogP contribution is -2.31. The lowest BCUT2D eigenvalue weighted by Gasteiger charge is -2.18. The van der Waals surface area contributed by atoms with Gasteiger partial charge < -0.3 is 14.4 Å². The Bertz CT molecular complexity index is 628. The van der Waals surface area contributed by atoms with Gasteiger partial charge in [0.2, 0.25) is 0 Å². The van der Waals surface area contributed by atoms with Gasteiger partial charge in [-0.25, -0.2) is 0 Å². The fourth-order valence-corrected chi connectivity index (χ4v) is 2.09. The lowest BCUT2D eigenvalue weighted by atomic mass is 10.2. The molecule has 0 aromatic heterocycles. The van der Waals surface area contributed by atoms with Gasteiger partial charge in [0.15, 0.2) is 6.61 Å². The molecule has 2 aromatic rings. The van der Waals surface area contributed by atoms with E-state index in [-0.39, 0.29) is 12.5 Å². The highest BCUT2D eigenvalue weighted by Gasteiger charge is 2.11. The molecule has 0 fully saturated rings. The van der Waals surface area contributed by atoms with Gasteiger partial charge in [-0.05, 0) is 35.9 Å². The maximum atomic E-state index is 12.1. The molecule has 0 saturated carbocycles. The van der Waals surface area contributed by atoms with Gasteiger partial charge in [0.1, 0.15) is 11.5 Å². The molecule has 116 valence electrons. The topological polar surface area (TPSA) is 38.8 Å². The fraction of sp³-hybridized carbons (Fsp3) is 0.235. The fourth-order valence-electron chi connectivity index (χ4n) is 1.90. The number of hydrogen-bond donors (Lipinski definition) is 0. The first-order valence-corrected chi connectivity index (χ1v) is 7.22. The molecule has 0 bridgehead atoms. The maximum absolute atomic E-state index is 12.1. The highest BCUT2D eigenvalue weighted by molar-refractivity contribution is 6.31. The van der Waals surface area contributed by atoms with Gasteiger partial charge >= 0.3 is 0 Å². The van der Waals surface area contributed by atoms with Crippen LogP contribution in [0.2, 0.25) is 5.02 Å². The first-order chi connectivity index (χ1) is 10.6. The second-order valence-corrected chi connectivity index (χ2v) is 5.21. The largest absolute Gasteiger partial charge is 0.497 e. The summed E-state index contributed by atoms with van der Waals surface area (Å²) in [4.78, 5) is 13.7. The SMILES string of the molecule is COc1ccc(OCC(=O)N(C)Cc2ccccc2Cl)cc1. The lowest BCUT2D eigenvalue weighted by molar-refractivity contribution is -0.132. The molecule has 0 aliphatic rings. The van der Waals surface area contributed by atoms with Gasteiger partial charge in [0.05, 0.1) is 7.11 Å². The molecule has 4 nitrogen and oxygen atoms in total. The predicted octanol–water partition coefficient (Wildman–Crippen LogP) is 3.39. The molecule has 22 heavy (non-hydrogen) atoms. The Kier molecular flexibility index (Phi) is 5.67. The molecule has 0 saturated heterocycles. The van der Waals surface area contributed by atoms with E-state index < -0.39 is 0 Å². The molecular formula is C17H18ClNO3. The van der Waals surface area contributed by atoms with E-state index in [1.54, 1.807) is 43.3 Å². The van der Waals surface area contributed by atoms with Crippen LogP contribution in [-0.2, 0) is 11.3 Å². The van der Waals surface area contributed by atoms with E-state index in [0.29, 0.717) is 17.3 Å². The molecule has 2 aromatic carbocycles.